The van der Waals surface area contributed by atoms with Gasteiger partial charge in [0, 0.05) is 19.2 Å². The summed E-state index contributed by atoms with van der Waals surface area (Å²) >= 11 is 0. The minimum atomic E-state index is -4.40. The van der Waals surface area contributed by atoms with Crippen LogP contribution in [0.3, 0.4) is 0 Å². The summed E-state index contributed by atoms with van der Waals surface area (Å²) in [5.74, 6) is 0.381. The first kappa shape index (κ1) is 16.7. The second kappa shape index (κ2) is 6.60. The molecule has 2 aromatic rings. The van der Waals surface area contributed by atoms with Crippen molar-refractivity contribution in [2.24, 2.45) is 4.99 Å². The summed E-state index contributed by atoms with van der Waals surface area (Å²) in [6, 6.07) is 10.4. The van der Waals surface area contributed by atoms with Crippen molar-refractivity contribution >= 4 is 17.2 Å². The third-order valence-corrected chi connectivity index (χ3v) is 3.39. The summed E-state index contributed by atoms with van der Waals surface area (Å²) in [6.45, 7) is -0.0312. The smallest absolute Gasteiger partial charge is 0.397 e. The van der Waals surface area contributed by atoms with Crippen LogP contribution in [-0.4, -0.2) is 12.9 Å². The number of rotatable bonds is 3. The van der Waals surface area contributed by atoms with E-state index in [1.165, 1.54) is 19.2 Å². The summed E-state index contributed by atoms with van der Waals surface area (Å²) in [5.41, 5.74) is 12.4. The zero-order valence-electron chi connectivity index (χ0n) is 12.5. The Hall–Kier alpha value is -2.70. The lowest BCUT2D eigenvalue weighted by Crippen LogP contribution is -2.26. The Balaban J connectivity index is 2.25. The molecule has 4 nitrogen and oxygen atoms in total. The number of aliphatic imine (C=N–C) groups is 1. The summed E-state index contributed by atoms with van der Waals surface area (Å²) < 4.78 is 39.0. The number of amidine groups is 1. The number of para-hydroxylation sites is 1. The molecule has 0 amide bonds. The molecule has 122 valence electrons. The molecule has 0 saturated heterocycles. The van der Waals surface area contributed by atoms with Gasteiger partial charge in [-0.3, -0.25) is 4.99 Å². The Morgan fingerprint density at radius 2 is 1.78 bits per heavy atom. The molecule has 0 spiro atoms. The molecule has 2 rings (SSSR count). The van der Waals surface area contributed by atoms with Gasteiger partial charge < -0.3 is 16.8 Å². The minimum absolute atomic E-state index is 0.0312. The van der Waals surface area contributed by atoms with Crippen molar-refractivity contribution in [3.63, 3.8) is 0 Å². The van der Waals surface area contributed by atoms with Crippen LogP contribution >= 0.6 is 0 Å². The summed E-state index contributed by atoms with van der Waals surface area (Å²) in [4.78, 5) is 4.06. The van der Waals surface area contributed by atoms with E-state index in [0.717, 1.165) is 6.07 Å². The van der Waals surface area contributed by atoms with Crippen LogP contribution in [0.25, 0.3) is 0 Å². The normalized spacial score (nSPS) is 12.3. The summed E-state index contributed by atoms with van der Waals surface area (Å²) in [6.07, 6.45) is -4.40. The zero-order chi connectivity index (χ0) is 17.0. The maximum absolute atomic E-state index is 13.0. The van der Waals surface area contributed by atoms with Crippen LogP contribution < -0.4 is 16.8 Å². The largest absolute Gasteiger partial charge is 0.416 e. The number of nitrogens with zero attached hydrogens (tertiary/aromatic N) is 1. The molecule has 0 aliphatic heterocycles. The molecule has 7 heteroatoms. The molecule has 0 radical (unpaired) electrons. The molecule has 2 aromatic carbocycles. The van der Waals surface area contributed by atoms with Gasteiger partial charge >= 0.3 is 6.18 Å². The molecule has 23 heavy (non-hydrogen) atoms. The Bertz CT molecular complexity index is 724. The third-order valence-electron chi connectivity index (χ3n) is 3.39. The number of alkyl halides is 3. The van der Waals surface area contributed by atoms with E-state index in [2.05, 4.69) is 10.3 Å². The fourth-order valence-corrected chi connectivity index (χ4v) is 2.21. The zero-order valence-corrected chi connectivity index (χ0v) is 12.5. The Labute approximate surface area is 132 Å². The van der Waals surface area contributed by atoms with Gasteiger partial charge in [-0.05, 0) is 23.8 Å². The molecule has 0 bridgehead atoms. The van der Waals surface area contributed by atoms with Crippen molar-refractivity contribution in [1.82, 2.24) is 5.32 Å². The molecular weight excluding hydrogens is 305 g/mol. The molecule has 0 heterocycles. The number of hydrogen-bond acceptors (Lipinski definition) is 3. The van der Waals surface area contributed by atoms with Gasteiger partial charge in [0.25, 0.3) is 0 Å². The maximum atomic E-state index is 13.0. The number of anilines is 2. The number of hydrogen-bond donors (Lipinski definition) is 3. The van der Waals surface area contributed by atoms with Crippen molar-refractivity contribution < 1.29 is 13.2 Å². The van der Waals surface area contributed by atoms with Crippen molar-refractivity contribution in [3.05, 3.63) is 59.2 Å². The molecule has 5 N–H and O–H groups in total. The van der Waals surface area contributed by atoms with E-state index in [1.807, 2.05) is 0 Å². The molecule has 0 aliphatic carbocycles. The predicted molar refractivity (Wildman–Crippen MR) is 86.0 cm³/mol. The lowest BCUT2D eigenvalue weighted by molar-refractivity contribution is -0.138. The van der Waals surface area contributed by atoms with Gasteiger partial charge in [0.05, 0.1) is 16.9 Å². The number of benzene rings is 2. The summed E-state index contributed by atoms with van der Waals surface area (Å²) in [7, 11) is 1.53. The van der Waals surface area contributed by atoms with E-state index in [-0.39, 0.29) is 12.1 Å². The first-order valence-electron chi connectivity index (χ1n) is 6.84. The quantitative estimate of drug-likeness (QED) is 0.462. The average Bonchev–Trinajstić information content (AvgIpc) is 2.51. The first-order chi connectivity index (χ1) is 10.8. The van der Waals surface area contributed by atoms with E-state index in [4.69, 9.17) is 11.5 Å². The fourth-order valence-electron chi connectivity index (χ4n) is 2.21. The second-order valence-electron chi connectivity index (χ2n) is 4.89. The Kier molecular flexibility index (Phi) is 4.78. The summed E-state index contributed by atoms with van der Waals surface area (Å²) in [5, 5.41) is 2.90. The van der Waals surface area contributed by atoms with Gasteiger partial charge in [-0.25, -0.2) is 0 Å². The van der Waals surface area contributed by atoms with Crippen LogP contribution in [0.5, 0.6) is 0 Å². The van der Waals surface area contributed by atoms with E-state index in [9.17, 15) is 13.2 Å². The van der Waals surface area contributed by atoms with Crippen molar-refractivity contribution in [1.29, 1.82) is 0 Å². The monoisotopic (exact) mass is 322 g/mol. The van der Waals surface area contributed by atoms with Crippen LogP contribution in [0.2, 0.25) is 0 Å². The highest BCUT2D eigenvalue weighted by atomic mass is 19.4. The Morgan fingerprint density at radius 3 is 2.43 bits per heavy atom. The van der Waals surface area contributed by atoms with Crippen LogP contribution in [0.1, 0.15) is 16.7 Å². The number of nitrogen functional groups attached to an aromatic ring is 2. The van der Waals surface area contributed by atoms with Gasteiger partial charge in [0.15, 0.2) is 0 Å². The van der Waals surface area contributed by atoms with Gasteiger partial charge in [0.1, 0.15) is 5.84 Å². The van der Waals surface area contributed by atoms with Crippen molar-refractivity contribution in [2.75, 3.05) is 18.5 Å². The first-order valence-corrected chi connectivity index (χ1v) is 6.84. The average molecular weight is 322 g/mol. The second-order valence-corrected chi connectivity index (χ2v) is 4.89. The molecule has 0 aliphatic rings. The van der Waals surface area contributed by atoms with E-state index < -0.39 is 11.7 Å². The van der Waals surface area contributed by atoms with Crippen LogP contribution in [-0.2, 0) is 12.7 Å². The predicted octanol–water partition coefficient (Wildman–Crippen LogP) is 3.04. The van der Waals surface area contributed by atoms with Gasteiger partial charge in [-0.2, -0.15) is 13.2 Å². The highest BCUT2D eigenvalue weighted by molar-refractivity contribution is 6.05. The standard InChI is InChI=1S/C16H17F3N4/c1-22-15(11-6-4-8-13(20)14(11)21)23-9-10-5-2-3-7-12(10)16(17,18)19/h2-8H,9,20-21H2,1H3,(H,22,23). The Morgan fingerprint density at radius 1 is 1.09 bits per heavy atom. The van der Waals surface area contributed by atoms with Crippen molar-refractivity contribution in [3.8, 4) is 0 Å². The van der Waals surface area contributed by atoms with Gasteiger partial charge in [-0.15, -0.1) is 0 Å². The lowest BCUT2D eigenvalue weighted by atomic mass is 10.1. The van der Waals surface area contributed by atoms with Crippen LogP contribution in [0, 0.1) is 0 Å². The molecular formula is C16H17F3N4. The topological polar surface area (TPSA) is 76.4 Å². The maximum Gasteiger partial charge on any atom is 0.416 e. The molecule has 0 unspecified atom stereocenters. The third kappa shape index (κ3) is 3.74. The highest BCUT2D eigenvalue weighted by Gasteiger charge is 2.32. The molecule has 0 aromatic heterocycles. The number of halogens is 3. The van der Waals surface area contributed by atoms with Gasteiger partial charge in [0.2, 0.25) is 0 Å². The molecule has 0 fully saturated rings. The van der Waals surface area contributed by atoms with Gasteiger partial charge in [-0.1, -0.05) is 24.3 Å². The van der Waals surface area contributed by atoms with Crippen LogP contribution in [0.15, 0.2) is 47.5 Å². The lowest BCUT2D eigenvalue weighted by Gasteiger charge is -2.16. The minimum Gasteiger partial charge on any atom is -0.397 e. The molecule has 0 saturated carbocycles. The fraction of sp³-hybridized carbons (Fsp3) is 0.188. The van der Waals surface area contributed by atoms with E-state index in [0.29, 0.717) is 22.8 Å². The van der Waals surface area contributed by atoms with Crippen molar-refractivity contribution in [2.45, 2.75) is 12.7 Å². The molecule has 0 atom stereocenters. The van der Waals surface area contributed by atoms with E-state index in [1.54, 1.807) is 24.3 Å². The van der Waals surface area contributed by atoms with Crippen LogP contribution in [0.4, 0.5) is 24.5 Å². The SMILES string of the molecule is CN=C(NCc1ccccc1C(F)(F)F)c1cccc(N)c1N. The van der Waals surface area contributed by atoms with E-state index >= 15 is 0 Å². The number of nitrogens with two attached hydrogens (primary N) is 2. The highest BCUT2D eigenvalue weighted by Crippen LogP contribution is 2.31. The number of nitrogens with one attached hydrogen (secondary N) is 1.